The molecule has 0 bridgehead atoms. The minimum Gasteiger partial charge on any atom is -0.460 e. The van der Waals surface area contributed by atoms with E-state index in [0.29, 0.717) is 0 Å². The third kappa shape index (κ3) is 2.07. The number of para-hydroxylation sites is 2. The zero-order chi connectivity index (χ0) is 18.5. The lowest BCUT2D eigenvalue weighted by molar-refractivity contribution is 0.617. The van der Waals surface area contributed by atoms with Crippen molar-refractivity contribution >= 4 is 27.6 Å². The van der Waals surface area contributed by atoms with Crippen LogP contribution in [0.25, 0.3) is 50.0 Å². The van der Waals surface area contributed by atoms with Gasteiger partial charge in [-0.15, -0.1) is 0 Å². The van der Waals surface area contributed by atoms with Crippen LogP contribution < -0.4 is 0 Å². The van der Waals surface area contributed by atoms with E-state index in [4.69, 9.17) is 9.40 Å². The molecule has 132 valence electrons. The smallest absolute Gasteiger partial charge is 0.182 e. The molecule has 0 N–H and O–H groups in total. The zero-order valence-electron chi connectivity index (χ0n) is 15.0. The zero-order valence-corrected chi connectivity index (χ0v) is 15.0. The monoisotopic (exact) mass is 360 g/mol. The Bertz CT molecular complexity index is 1440. The summed E-state index contributed by atoms with van der Waals surface area (Å²) < 4.78 is 8.17. The van der Waals surface area contributed by atoms with Crippen molar-refractivity contribution in [3.8, 4) is 22.4 Å². The molecule has 3 heteroatoms. The second-order valence-electron chi connectivity index (χ2n) is 6.88. The Kier molecular flexibility index (Phi) is 3.17. The Morgan fingerprint density at radius 2 is 1.36 bits per heavy atom. The van der Waals surface area contributed by atoms with Crippen LogP contribution in [0.15, 0.2) is 102 Å². The van der Waals surface area contributed by atoms with E-state index in [9.17, 15) is 0 Å². The van der Waals surface area contributed by atoms with Gasteiger partial charge in [0.25, 0.3) is 0 Å². The molecule has 0 unspecified atom stereocenters. The molecule has 3 nitrogen and oxygen atoms in total. The normalized spacial score (nSPS) is 11.6. The largest absolute Gasteiger partial charge is 0.460 e. The van der Waals surface area contributed by atoms with Gasteiger partial charge in [-0.05, 0) is 29.3 Å². The molecule has 0 aliphatic rings. The summed E-state index contributed by atoms with van der Waals surface area (Å²) in [6.07, 6.45) is 1.76. The van der Waals surface area contributed by atoms with Crippen molar-refractivity contribution in [2.75, 3.05) is 0 Å². The Labute approximate surface area is 161 Å². The van der Waals surface area contributed by atoms with Crippen molar-refractivity contribution in [3.63, 3.8) is 0 Å². The SMILES string of the molecule is c1ccc(-c2c(-c3ccccc3)n3c4ccccc4nc3c3occc23)cc1. The fourth-order valence-corrected chi connectivity index (χ4v) is 4.09. The molecule has 0 saturated carbocycles. The predicted molar refractivity (Wildman–Crippen MR) is 113 cm³/mol. The van der Waals surface area contributed by atoms with E-state index >= 15 is 0 Å². The molecule has 0 saturated heterocycles. The summed E-state index contributed by atoms with van der Waals surface area (Å²) in [7, 11) is 0. The first-order valence-corrected chi connectivity index (χ1v) is 9.33. The summed E-state index contributed by atoms with van der Waals surface area (Å²) in [5, 5.41) is 1.08. The van der Waals surface area contributed by atoms with E-state index in [2.05, 4.69) is 65.1 Å². The van der Waals surface area contributed by atoms with Crippen molar-refractivity contribution in [2.45, 2.75) is 0 Å². The number of pyridine rings is 1. The maximum Gasteiger partial charge on any atom is 0.182 e. The molecule has 6 rings (SSSR count). The fraction of sp³-hybridized carbons (Fsp3) is 0. The second-order valence-corrected chi connectivity index (χ2v) is 6.88. The average Bonchev–Trinajstić information content (AvgIpc) is 3.39. The maximum absolute atomic E-state index is 5.93. The van der Waals surface area contributed by atoms with Gasteiger partial charge in [0.15, 0.2) is 11.2 Å². The fourth-order valence-electron chi connectivity index (χ4n) is 4.09. The van der Waals surface area contributed by atoms with Gasteiger partial charge in [0.05, 0.1) is 23.0 Å². The first-order valence-electron chi connectivity index (χ1n) is 9.33. The molecule has 0 spiro atoms. The number of benzene rings is 3. The topological polar surface area (TPSA) is 30.4 Å². The van der Waals surface area contributed by atoms with Crippen LogP contribution >= 0.6 is 0 Å². The van der Waals surface area contributed by atoms with Crippen LogP contribution in [0.3, 0.4) is 0 Å². The third-order valence-electron chi connectivity index (χ3n) is 5.27. The lowest BCUT2D eigenvalue weighted by Crippen LogP contribution is -1.97. The molecular weight excluding hydrogens is 344 g/mol. The molecule has 0 atom stereocenters. The van der Waals surface area contributed by atoms with Gasteiger partial charge in [-0.3, -0.25) is 4.40 Å². The summed E-state index contributed by atoms with van der Waals surface area (Å²) in [5.74, 6) is 0. The number of rotatable bonds is 2. The molecular formula is C25H16N2O. The Balaban J connectivity index is 1.93. The molecule has 3 heterocycles. The van der Waals surface area contributed by atoms with Gasteiger partial charge in [0.2, 0.25) is 0 Å². The van der Waals surface area contributed by atoms with Crippen molar-refractivity contribution < 1.29 is 4.42 Å². The lowest BCUT2D eigenvalue weighted by Gasteiger charge is -2.15. The molecule has 0 aliphatic carbocycles. The first-order chi connectivity index (χ1) is 13.9. The lowest BCUT2D eigenvalue weighted by atomic mass is 9.96. The van der Waals surface area contributed by atoms with Gasteiger partial charge in [-0.1, -0.05) is 72.8 Å². The molecule has 0 radical (unpaired) electrons. The van der Waals surface area contributed by atoms with Crippen LogP contribution in [-0.4, -0.2) is 9.38 Å². The third-order valence-corrected chi connectivity index (χ3v) is 5.27. The number of hydrogen-bond acceptors (Lipinski definition) is 2. The van der Waals surface area contributed by atoms with Crippen LogP contribution in [0.5, 0.6) is 0 Å². The molecule has 0 amide bonds. The van der Waals surface area contributed by atoms with Crippen molar-refractivity contribution in [3.05, 3.63) is 97.3 Å². The summed E-state index contributed by atoms with van der Waals surface area (Å²) in [4.78, 5) is 4.91. The van der Waals surface area contributed by atoms with Crippen LogP contribution in [0, 0.1) is 0 Å². The van der Waals surface area contributed by atoms with E-state index in [1.807, 2.05) is 30.3 Å². The number of fused-ring (bicyclic) bond motifs is 5. The minimum atomic E-state index is 0.815. The highest BCUT2D eigenvalue weighted by Gasteiger charge is 2.22. The van der Waals surface area contributed by atoms with Gasteiger partial charge in [0, 0.05) is 10.9 Å². The standard InChI is InChI=1S/C25H16N2O/c1-3-9-17(10-4-1)22-19-15-16-28-24(19)25-26-20-13-7-8-14-21(20)27(25)23(22)18-11-5-2-6-12-18/h1-16H. The van der Waals surface area contributed by atoms with Gasteiger partial charge in [-0.25, -0.2) is 4.98 Å². The highest BCUT2D eigenvalue weighted by atomic mass is 16.3. The molecule has 3 aromatic heterocycles. The number of hydrogen-bond donors (Lipinski definition) is 0. The number of furan rings is 1. The van der Waals surface area contributed by atoms with E-state index in [-0.39, 0.29) is 0 Å². The quantitative estimate of drug-likeness (QED) is 0.350. The molecule has 3 aromatic carbocycles. The maximum atomic E-state index is 5.93. The van der Waals surface area contributed by atoms with Crippen molar-refractivity contribution in [1.82, 2.24) is 9.38 Å². The van der Waals surface area contributed by atoms with Crippen LogP contribution in [0.4, 0.5) is 0 Å². The van der Waals surface area contributed by atoms with Crippen LogP contribution in [0.1, 0.15) is 0 Å². The Morgan fingerprint density at radius 3 is 2.14 bits per heavy atom. The summed E-state index contributed by atoms with van der Waals surface area (Å²) in [6, 6.07) is 31.3. The highest BCUT2D eigenvalue weighted by molar-refractivity contribution is 6.08. The van der Waals surface area contributed by atoms with Crippen molar-refractivity contribution in [1.29, 1.82) is 0 Å². The van der Waals surface area contributed by atoms with Gasteiger partial charge >= 0.3 is 0 Å². The molecule has 28 heavy (non-hydrogen) atoms. The Hall–Kier alpha value is -3.85. The first kappa shape index (κ1) is 15.2. The van der Waals surface area contributed by atoms with Crippen LogP contribution in [-0.2, 0) is 0 Å². The summed E-state index contributed by atoms with van der Waals surface area (Å²) in [6.45, 7) is 0. The summed E-state index contributed by atoms with van der Waals surface area (Å²) in [5.41, 5.74) is 8.30. The van der Waals surface area contributed by atoms with E-state index < -0.39 is 0 Å². The van der Waals surface area contributed by atoms with Gasteiger partial charge in [0.1, 0.15) is 0 Å². The summed E-state index contributed by atoms with van der Waals surface area (Å²) >= 11 is 0. The predicted octanol–water partition coefficient (Wildman–Crippen LogP) is 6.57. The van der Waals surface area contributed by atoms with E-state index in [0.717, 1.165) is 50.0 Å². The Morgan fingerprint density at radius 1 is 0.679 bits per heavy atom. The number of imidazole rings is 1. The highest BCUT2D eigenvalue weighted by Crippen LogP contribution is 2.41. The number of nitrogens with zero attached hydrogens (tertiary/aromatic N) is 2. The number of aromatic nitrogens is 2. The molecule has 0 aliphatic heterocycles. The average molecular weight is 360 g/mol. The minimum absolute atomic E-state index is 0.815. The van der Waals surface area contributed by atoms with Gasteiger partial charge < -0.3 is 4.42 Å². The van der Waals surface area contributed by atoms with E-state index in [1.165, 1.54) is 0 Å². The second kappa shape index (κ2) is 5.83. The van der Waals surface area contributed by atoms with Gasteiger partial charge in [-0.2, -0.15) is 0 Å². The molecule has 6 aromatic rings. The van der Waals surface area contributed by atoms with E-state index in [1.54, 1.807) is 6.26 Å². The van der Waals surface area contributed by atoms with Crippen molar-refractivity contribution in [2.24, 2.45) is 0 Å². The molecule has 0 fully saturated rings. The van der Waals surface area contributed by atoms with Crippen LogP contribution in [0.2, 0.25) is 0 Å².